The minimum atomic E-state index is -1.61. The van der Waals surface area contributed by atoms with Crippen LogP contribution in [-0.2, 0) is 32.8 Å². The van der Waals surface area contributed by atoms with E-state index in [2.05, 4.69) is 0 Å². The van der Waals surface area contributed by atoms with E-state index >= 15 is 4.39 Å². The van der Waals surface area contributed by atoms with Gasteiger partial charge in [0, 0.05) is 17.5 Å². The van der Waals surface area contributed by atoms with Crippen molar-refractivity contribution in [2.24, 2.45) is 11.8 Å². The summed E-state index contributed by atoms with van der Waals surface area (Å²) in [7, 11) is 0. The normalized spacial score (nSPS) is 22.3. The lowest BCUT2D eigenvalue weighted by Crippen LogP contribution is -2.33. The zero-order valence-corrected chi connectivity index (χ0v) is 23.3. The zero-order valence-electron chi connectivity index (χ0n) is 22.6. The van der Waals surface area contributed by atoms with Crippen molar-refractivity contribution in [3.63, 3.8) is 0 Å². The molecule has 0 amide bonds. The number of carbonyl (C=O) groups is 3. The lowest BCUT2D eigenvalue weighted by Gasteiger charge is -2.35. The van der Waals surface area contributed by atoms with Crippen molar-refractivity contribution in [1.82, 2.24) is 9.78 Å². The second kappa shape index (κ2) is 10.2. The van der Waals surface area contributed by atoms with E-state index in [1.54, 1.807) is 18.2 Å². The molecule has 1 aromatic heterocycles. The van der Waals surface area contributed by atoms with Gasteiger partial charge in [0.15, 0.2) is 0 Å². The number of ether oxygens (including phenoxy) is 1. The highest BCUT2D eigenvalue weighted by atomic mass is 35.5. The van der Waals surface area contributed by atoms with E-state index in [1.807, 2.05) is 26.8 Å². The van der Waals surface area contributed by atoms with Gasteiger partial charge in [-0.1, -0.05) is 29.8 Å². The Bertz CT molecular complexity index is 1370. The molecule has 1 unspecified atom stereocenters. The van der Waals surface area contributed by atoms with Gasteiger partial charge in [-0.3, -0.25) is 14.4 Å². The standard InChI is InChI=1S/C30H34ClFN2O5/c1-29(2,3)39-28(38)18-10-8-17(9-11-18)25-20-13-12-19(27(36)37)16-23(20)34(33-25)26(35)24-21(6-4-7-22(24)31)30(32)14-5-15-30/h4,6-8,18-19H,5,9-16H2,1-3H3,(H,36,37)/t18?,19-/m0/s1. The molecule has 208 valence electrons. The number of carbonyl (C=O) groups excluding carboxylic acids is 2. The van der Waals surface area contributed by atoms with Crippen molar-refractivity contribution in [2.75, 3.05) is 0 Å². The third-order valence-electron chi connectivity index (χ3n) is 8.13. The fourth-order valence-electron chi connectivity index (χ4n) is 5.87. The topological polar surface area (TPSA) is 98.5 Å². The molecule has 0 aliphatic heterocycles. The van der Waals surface area contributed by atoms with Crippen LogP contribution in [0, 0.1) is 11.8 Å². The number of hydrogen-bond donors (Lipinski definition) is 1. The highest BCUT2D eigenvalue weighted by Crippen LogP contribution is 2.47. The minimum absolute atomic E-state index is 0.0817. The number of aliphatic carboxylic acids is 1. The van der Waals surface area contributed by atoms with E-state index in [0.29, 0.717) is 56.3 Å². The number of carboxylic acids is 1. The summed E-state index contributed by atoms with van der Waals surface area (Å²) in [6, 6.07) is 4.82. The van der Waals surface area contributed by atoms with Gasteiger partial charge in [-0.25, -0.2) is 4.39 Å². The average Bonchev–Trinajstić information content (AvgIpc) is 3.24. The van der Waals surface area contributed by atoms with E-state index in [4.69, 9.17) is 21.4 Å². The van der Waals surface area contributed by atoms with E-state index in [0.717, 1.165) is 17.6 Å². The molecule has 9 heteroatoms. The Balaban J connectivity index is 1.53. The molecule has 5 rings (SSSR count). The Kier molecular flexibility index (Phi) is 7.20. The van der Waals surface area contributed by atoms with Crippen LogP contribution in [-0.4, -0.2) is 38.3 Å². The molecule has 1 N–H and O–H groups in total. The van der Waals surface area contributed by atoms with Crippen LogP contribution in [0.5, 0.6) is 0 Å². The molecule has 1 fully saturated rings. The lowest BCUT2D eigenvalue weighted by atomic mass is 9.75. The van der Waals surface area contributed by atoms with E-state index in [1.165, 1.54) is 4.68 Å². The van der Waals surface area contributed by atoms with Crippen LogP contribution in [0.25, 0.3) is 5.57 Å². The third-order valence-corrected chi connectivity index (χ3v) is 8.44. The number of rotatable bonds is 5. The fourth-order valence-corrected chi connectivity index (χ4v) is 6.13. The lowest BCUT2D eigenvalue weighted by molar-refractivity contribution is -0.160. The molecule has 3 aliphatic rings. The van der Waals surface area contributed by atoms with Crippen molar-refractivity contribution < 1.29 is 28.6 Å². The van der Waals surface area contributed by atoms with Gasteiger partial charge in [-0.2, -0.15) is 9.78 Å². The van der Waals surface area contributed by atoms with Crippen LogP contribution in [0.4, 0.5) is 4.39 Å². The molecule has 1 saturated carbocycles. The van der Waals surface area contributed by atoms with Crippen LogP contribution < -0.4 is 0 Å². The second-order valence-corrected chi connectivity index (χ2v) is 12.4. The maximum absolute atomic E-state index is 15.6. The molecule has 1 heterocycles. The van der Waals surface area contributed by atoms with Crippen LogP contribution in [0.3, 0.4) is 0 Å². The number of alkyl halides is 1. The number of carboxylic acid groups (broad SMARTS) is 1. The first kappa shape index (κ1) is 27.6. The summed E-state index contributed by atoms with van der Waals surface area (Å²) in [6.45, 7) is 5.53. The number of nitrogens with zero attached hydrogens (tertiary/aromatic N) is 2. The number of aromatic nitrogens is 2. The first-order valence-electron chi connectivity index (χ1n) is 13.7. The number of allylic oxidation sites excluding steroid dienone is 2. The molecule has 2 aromatic rings. The summed E-state index contributed by atoms with van der Waals surface area (Å²) < 4.78 is 22.4. The number of halogens is 2. The Labute approximate surface area is 232 Å². The SMILES string of the molecule is CC(C)(C)OC(=O)C1CC=C(c2nn(C(=O)c3c(Cl)cccc3C3(F)CCC3)c3c2CC[C@H](C(=O)O)C3)CC1. The van der Waals surface area contributed by atoms with Crippen molar-refractivity contribution in [3.8, 4) is 0 Å². The predicted molar refractivity (Wildman–Crippen MR) is 144 cm³/mol. The molecule has 7 nitrogen and oxygen atoms in total. The Morgan fingerprint density at radius 3 is 2.46 bits per heavy atom. The monoisotopic (exact) mass is 556 g/mol. The van der Waals surface area contributed by atoms with Crippen LogP contribution in [0.1, 0.15) is 98.6 Å². The molecular weight excluding hydrogens is 523 g/mol. The maximum Gasteiger partial charge on any atom is 0.309 e. The number of esters is 1. The van der Waals surface area contributed by atoms with Crippen molar-refractivity contribution >= 4 is 35.0 Å². The minimum Gasteiger partial charge on any atom is -0.481 e. The highest BCUT2D eigenvalue weighted by Gasteiger charge is 2.43. The predicted octanol–water partition coefficient (Wildman–Crippen LogP) is 6.29. The van der Waals surface area contributed by atoms with Crippen molar-refractivity contribution in [1.29, 1.82) is 0 Å². The molecule has 2 atom stereocenters. The fraction of sp³-hybridized carbons (Fsp3) is 0.533. The second-order valence-electron chi connectivity index (χ2n) is 12.0. The summed E-state index contributed by atoms with van der Waals surface area (Å²) in [5.41, 5.74) is 1.13. The first-order valence-corrected chi connectivity index (χ1v) is 14.0. The third kappa shape index (κ3) is 5.28. The summed E-state index contributed by atoms with van der Waals surface area (Å²) in [6.07, 6.45) is 6.07. The molecular formula is C30H34ClFN2O5. The van der Waals surface area contributed by atoms with Crippen molar-refractivity contribution in [2.45, 2.75) is 89.8 Å². The highest BCUT2D eigenvalue weighted by molar-refractivity contribution is 6.34. The first-order chi connectivity index (χ1) is 18.4. The Morgan fingerprint density at radius 2 is 1.87 bits per heavy atom. The number of benzene rings is 1. The van der Waals surface area contributed by atoms with Gasteiger partial charge in [0.1, 0.15) is 11.3 Å². The van der Waals surface area contributed by atoms with Gasteiger partial charge in [0.05, 0.1) is 33.8 Å². The van der Waals surface area contributed by atoms with Gasteiger partial charge >= 0.3 is 11.9 Å². The van der Waals surface area contributed by atoms with Crippen LogP contribution in [0.2, 0.25) is 5.02 Å². The van der Waals surface area contributed by atoms with Crippen LogP contribution >= 0.6 is 11.6 Å². The Morgan fingerprint density at radius 1 is 1.15 bits per heavy atom. The molecule has 0 radical (unpaired) electrons. The van der Waals surface area contributed by atoms with Gasteiger partial charge < -0.3 is 9.84 Å². The quantitative estimate of drug-likeness (QED) is 0.435. The molecule has 0 saturated heterocycles. The summed E-state index contributed by atoms with van der Waals surface area (Å²) in [5.74, 6) is -2.59. The van der Waals surface area contributed by atoms with E-state index in [9.17, 15) is 19.5 Å². The smallest absolute Gasteiger partial charge is 0.309 e. The van der Waals surface area contributed by atoms with E-state index in [-0.39, 0.29) is 34.5 Å². The van der Waals surface area contributed by atoms with Gasteiger partial charge in [0.25, 0.3) is 5.91 Å². The number of hydrogen-bond acceptors (Lipinski definition) is 5. The van der Waals surface area contributed by atoms with E-state index < -0.39 is 29.1 Å². The molecule has 0 spiro atoms. The largest absolute Gasteiger partial charge is 0.481 e. The molecule has 0 bridgehead atoms. The van der Waals surface area contributed by atoms with Gasteiger partial charge in [-0.15, -0.1) is 0 Å². The van der Waals surface area contributed by atoms with Gasteiger partial charge in [-0.05, 0) is 83.8 Å². The summed E-state index contributed by atoms with van der Waals surface area (Å²) >= 11 is 6.49. The Hall–Kier alpha value is -3.00. The summed E-state index contributed by atoms with van der Waals surface area (Å²) in [5, 5.41) is 14.6. The van der Waals surface area contributed by atoms with Crippen molar-refractivity contribution in [3.05, 3.63) is 57.4 Å². The average molecular weight is 557 g/mol. The molecule has 39 heavy (non-hydrogen) atoms. The zero-order chi connectivity index (χ0) is 28.1. The molecule has 1 aromatic carbocycles. The molecule has 3 aliphatic carbocycles. The van der Waals surface area contributed by atoms with Crippen LogP contribution in [0.15, 0.2) is 24.3 Å². The number of fused-ring (bicyclic) bond motifs is 1. The summed E-state index contributed by atoms with van der Waals surface area (Å²) in [4.78, 5) is 38.5. The van der Waals surface area contributed by atoms with Gasteiger partial charge in [0.2, 0.25) is 0 Å². The maximum atomic E-state index is 15.6.